The predicted octanol–water partition coefficient (Wildman–Crippen LogP) is 4.78. The van der Waals surface area contributed by atoms with Crippen molar-refractivity contribution in [1.29, 1.82) is 0 Å². The lowest BCUT2D eigenvalue weighted by molar-refractivity contribution is -0.157. The van der Waals surface area contributed by atoms with Crippen LogP contribution in [0.2, 0.25) is 0 Å². The lowest BCUT2D eigenvalue weighted by Crippen LogP contribution is -2.34. The van der Waals surface area contributed by atoms with Crippen molar-refractivity contribution in [3.8, 4) is 0 Å². The summed E-state index contributed by atoms with van der Waals surface area (Å²) < 4.78 is 50.3. The van der Waals surface area contributed by atoms with Gasteiger partial charge in [-0.1, -0.05) is 28.1 Å². The zero-order valence-electron chi connectivity index (χ0n) is 14.8. The summed E-state index contributed by atoms with van der Waals surface area (Å²) in [6, 6.07) is 4.49. The van der Waals surface area contributed by atoms with Gasteiger partial charge in [0.2, 0.25) is 0 Å². The Hall–Kier alpha value is -1.12. The Morgan fingerprint density at radius 3 is 2.38 bits per heavy atom. The fourth-order valence-corrected chi connectivity index (χ4v) is 2.62. The van der Waals surface area contributed by atoms with Gasteiger partial charge >= 0.3 is 12.1 Å². The SMILES string of the molecule is COC(=O)CCCOCCCCCN[C@@H](c1ccc(Br)cc1)C(F)(F)F. The number of unbranched alkanes of at least 4 members (excludes halogenated alkanes) is 2. The molecule has 0 heterocycles. The van der Waals surface area contributed by atoms with E-state index in [0.29, 0.717) is 32.5 Å². The van der Waals surface area contributed by atoms with Crippen LogP contribution in [0, 0.1) is 0 Å². The molecule has 1 aromatic rings. The van der Waals surface area contributed by atoms with Crippen molar-refractivity contribution in [2.24, 2.45) is 0 Å². The average Bonchev–Trinajstić information content (AvgIpc) is 2.59. The van der Waals surface area contributed by atoms with Gasteiger partial charge in [0.15, 0.2) is 0 Å². The molecule has 1 atom stereocenters. The molecule has 1 aromatic carbocycles. The van der Waals surface area contributed by atoms with Crippen LogP contribution >= 0.6 is 15.9 Å². The Morgan fingerprint density at radius 2 is 1.77 bits per heavy atom. The number of ether oxygens (including phenoxy) is 2. The average molecular weight is 440 g/mol. The van der Waals surface area contributed by atoms with Crippen molar-refractivity contribution in [3.05, 3.63) is 34.3 Å². The Balaban J connectivity index is 2.18. The number of rotatable bonds is 12. The summed E-state index contributed by atoms with van der Waals surface area (Å²) in [5, 5.41) is 2.59. The van der Waals surface area contributed by atoms with Gasteiger partial charge in [0.05, 0.1) is 7.11 Å². The van der Waals surface area contributed by atoms with Crippen LogP contribution in [-0.2, 0) is 14.3 Å². The highest BCUT2D eigenvalue weighted by molar-refractivity contribution is 9.10. The molecule has 0 aliphatic carbocycles. The molecule has 1 rings (SSSR count). The van der Waals surface area contributed by atoms with Crippen LogP contribution in [0.5, 0.6) is 0 Å². The Labute approximate surface area is 160 Å². The molecule has 0 spiro atoms. The molecular formula is C18H25BrF3NO3. The largest absolute Gasteiger partial charge is 0.469 e. The molecule has 0 unspecified atom stereocenters. The van der Waals surface area contributed by atoms with Gasteiger partial charge in [0, 0.05) is 24.1 Å². The van der Waals surface area contributed by atoms with E-state index in [-0.39, 0.29) is 18.1 Å². The number of carbonyl (C=O) groups is 1. The number of carbonyl (C=O) groups excluding carboxylic acids is 1. The van der Waals surface area contributed by atoms with Crippen molar-refractivity contribution in [2.75, 3.05) is 26.9 Å². The molecular weight excluding hydrogens is 415 g/mol. The normalized spacial score (nSPS) is 12.8. The summed E-state index contributed by atoms with van der Waals surface area (Å²) in [5.74, 6) is -0.260. The number of methoxy groups -OCH3 is 1. The maximum Gasteiger partial charge on any atom is 0.407 e. The minimum absolute atomic E-state index is 0.203. The van der Waals surface area contributed by atoms with E-state index < -0.39 is 12.2 Å². The maximum atomic E-state index is 13.2. The molecule has 0 amide bonds. The zero-order chi connectivity index (χ0) is 19.4. The standard InChI is InChI=1S/C18H25BrF3NO3/c1-25-16(24)6-5-13-26-12-4-2-3-11-23-17(18(20,21)22)14-7-9-15(19)10-8-14/h7-10,17,23H,2-6,11-13H2,1H3/t17-/m0/s1. The quantitative estimate of drug-likeness (QED) is 0.376. The van der Waals surface area contributed by atoms with E-state index in [0.717, 1.165) is 17.3 Å². The third-order valence-electron chi connectivity index (χ3n) is 3.74. The van der Waals surface area contributed by atoms with Gasteiger partial charge in [-0.05, 0) is 49.9 Å². The first-order chi connectivity index (χ1) is 12.3. The third kappa shape index (κ3) is 9.54. The van der Waals surface area contributed by atoms with Gasteiger partial charge in [-0.25, -0.2) is 0 Å². The summed E-state index contributed by atoms with van der Waals surface area (Å²) in [5.41, 5.74) is 0.203. The number of nitrogens with one attached hydrogen (secondary N) is 1. The highest BCUT2D eigenvalue weighted by Crippen LogP contribution is 2.33. The summed E-state index contributed by atoms with van der Waals surface area (Å²) in [7, 11) is 1.34. The van der Waals surface area contributed by atoms with Gasteiger partial charge in [0.1, 0.15) is 6.04 Å². The molecule has 1 N–H and O–H groups in total. The van der Waals surface area contributed by atoms with Crippen LogP contribution in [0.3, 0.4) is 0 Å². The van der Waals surface area contributed by atoms with E-state index >= 15 is 0 Å². The molecule has 0 radical (unpaired) electrons. The van der Waals surface area contributed by atoms with E-state index in [1.54, 1.807) is 12.1 Å². The minimum atomic E-state index is -4.34. The smallest absolute Gasteiger partial charge is 0.407 e. The molecule has 4 nitrogen and oxygen atoms in total. The minimum Gasteiger partial charge on any atom is -0.469 e. The second kappa shape index (κ2) is 12.3. The van der Waals surface area contributed by atoms with Crippen molar-refractivity contribution in [3.63, 3.8) is 0 Å². The fourth-order valence-electron chi connectivity index (χ4n) is 2.35. The number of benzene rings is 1. The van der Waals surface area contributed by atoms with Crippen LogP contribution in [0.25, 0.3) is 0 Å². The highest BCUT2D eigenvalue weighted by atomic mass is 79.9. The molecule has 0 aliphatic heterocycles. The maximum absolute atomic E-state index is 13.2. The molecule has 26 heavy (non-hydrogen) atoms. The first kappa shape index (κ1) is 22.9. The Morgan fingerprint density at radius 1 is 1.12 bits per heavy atom. The summed E-state index contributed by atoms with van der Waals surface area (Å²) in [6.45, 7) is 1.30. The van der Waals surface area contributed by atoms with Crippen LogP contribution in [0.4, 0.5) is 13.2 Å². The molecule has 0 fully saturated rings. The van der Waals surface area contributed by atoms with Gasteiger partial charge in [-0.2, -0.15) is 13.2 Å². The van der Waals surface area contributed by atoms with Gasteiger partial charge in [-0.3, -0.25) is 4.79 Å². The number of halogens is 4. The first-order valence-corrected chi connectivity index (χ1v) is 9.34. The second-order valence-corrected chi connectivity index (χ2v) is 6.75. The van der Waals surface area contributed by atoms with Crippen LogP contribution in [-0.4, -0.2) is 39.0 Å². The van der Waals surface area contributed by atoms with Crippen molar-refractivity contribution >= 4 is 21.9 Å². The van der Waals surface area contributed by atoms with Gasteiger partial charge in [0.25, 0.3) is 0 Å². The zero-order valence-corrected chi connectivity index (χ0v) is 16.4. The molecule has 8 heteroatoms. The summed E-state index contributed by atoms with van der Waals surface area (Å²) in [6.07, 6.45) is -1.22. The molecule has 0 aliphatic rings. The summed E-state index contributed by atoms with van der Waals surface area (Å²) in [4.78, 5) is 10.9. The Kier molecular flexibility index (Phi) is 10.8. The predicted molar refractivity (Wildman–Crippen MR) is 96.9 cm³/mol. The van der Waals surface area contributed by atoms with Crippen molar-refractivity contribution < 1.29 is 27.4 Å². The number of hydrogen-bond donors (Lipinski definition) is 1. The monoisotopic (exact) mass is 439 g/mol. The number of hydrogen-bond acceptors (Lipinski definition) is 4. The van der Waals surface area contributed by atoms with Crippen LogP contribution in [0.15, 0.2) is 28.7 Å². The number of esters is 1. The van der Waals surface area contributed by atoms with E-state index in [4.69, 9.17) is 4.74 Å². The highest BCUT2D eigenvalue weighted by Gasteiger charge is 2.40. The molecule has 0 saturated carbocycles. The third-order valence-corrected chi connectivity index (χ3v) is 4.27. The molecule has 0 aromatic heterocycles. The van der Waals surface area contributed by atoms with Gasteiger partial charge < -0.3 is 14.8 Å². The van der Waals surface area contributed by atoms with Gasteiger partial charge in [-0.15, -0.1) is 0 Å². The fraction of sp³-hybridized carbons (Fsp3) is 0.611. The van der Waals surface area contributed by atoms with E-state index in [1.807, 2.05) is 0 Å². The molecule has 0 bridgehead atoms. The van der Waals surface area contributed by atoms with E-state index in [1.165, 1.54) is 19.2 Å². The molecule has 148 valence electrons. The topological polar surface area (TPSA) is 47.6 Å². The van der Waals surface area contributed by atoms with Crippen LogP contribution in [0.1, 0.15) is 43.7 Å². The van der Waals surface area contributed by atoms with Crippen molar-refractivity contribution in [2.45, 2.75) is 44.3 Å². The second-order valence-electron chi connectivity index (χ2n) is 5.83. The van der Waals surface area contributed by atoms with E-state index in [9.17, 15) is 18.0 Å². The molecule has 0 saturated heterocycles. The first-order valence-electron chi connectivity index (χ1n) is 8.54. The lowest BCUT2D eigenvalue weighted by Gasteiger charge is -2.22. The lowest BCUT2D eigenvalue weighted by atomic mass is 10.1. The van der Waals surface area contributed by atoms with Crippen LogP contribution < -0.4 is 5.32 Å². The Bertz CT molecular complexity index is 523. The van der Waals surface area contributed by atoms with E-state index in [2.05, 4.69) is 26.0 Å². The number of alkyl halides is 3. The van der Waals surface area contributed by atoms with Crippen molar-refractivity contribution in [1.82, 2.24) is 5.32 Å². The summed E-state index contributed by atoms with van der Waals surface area (Å²) >= 11 is 3.22.